The number of carbonyl (C=O) groups excluding carboxylic acids is 1. The Morgan fingerprint density at radius 1 is 1.39 bits per heavy atom. The molecular weight excluding hydrogens is 400 g/mol. The van der Waals surface area contributed by atoms with Gasteiger partial charge in [-0.3, -0.25) is 9.36 Å². The highest BCUT2D eigenvalue weighted by molar-refractivity contribution is 5.82. The van der Waals surface area contributed by atoms with E-state index in [1.807, 2.05) is 6.07 Å². The van der Waals surface area contributed by atoms with E-state index in [1.54, 1.807) is 31.3 Å². The lowest BCUT2D eigenvalue weighted by Gasteiger charge is -2.17. The summed E-state index contributed by atoms with van der Waals surface area (Å²) in [4.78, 5) is 24.0. The van der Waals surface area contributed by atoms with Gasteiger partial charge in [-0.1, -0.05) is 0 Å². The van der Waals surface area contributed by atoms with Crippen molar-refractivity contribution in [2.45, 2.75) is 25.0 Å². The minimum Gasteiger partial charge on any atom is -0.408 e. The smallest absolute Gasteiger partial charge is 0.408 e. The van der Waals surface area contributed by atoms with E-state index in [1.165, 1.54) is 4.57 Å². The number of nitrogens with one attached hydrogen (secondary N) is 2. The van der Waals surface area contributed by atoms with E-state index in [0.717, 1.165) is 18.5 Å². The van der Waals surface area contributed by atoms with Crippen molar-refractivity contribution in [2.75, 3.05) is 19.7 Å². The molecule has 3 aromatic rings. The van der Waals surface area contributed by atoms with Crippen LogP contribution in [0.2, 0.25) is 0 Å². The highest BCUT2D eigenvalue weighted by Gasteiger charge is 2.23. The third kappa shape index (κ3) is 4.63. The fourth-order valence-electron chi connectivity index (χ4n) is 3.39. The fraction of sp³-hybridized carbons (Fsp3) is 0.381. The summed E-state index contributed by atoms with van der Waals surface area (Å²) in [5.74, 6) is -0.743. The van der Waals surface area contributed by atoms with Crippen molar-refractivity contribution in [1.29, 1.82) is 5.26 Å². The van der Waals surface area contributed by atoms with Crippen LogP contribution in [0.15, 0.2) is 39.5 Å². The molecule has 10 heteroatoms. The van der Waals surface area contributed by atoms with E-state index < -0.39 is 17.9 Å². The molecule has 1 aliphatic rings. The average molecular weight is 422 g/mol. The van der Waals surface area contributed by atoms with Crippen LogP contribution in [0.1, 0.15) is 12.1 Å². The Labute approximate surface area is 177 Å². The fourth-order valence-corrected chi connectivity index (χ4v) is 3.39. The van der Waals surface area contributed by atoms with E-state index in [4.69, 9.17) is 9.15 Å². The molecule has 1 amide bonds. The molecule has 0 bridgehead atoms. The molecule has 3 heterocycles. The van der Waals surface area contributed by atoms with Crippen molar-refractivity contribution < 1.29 is 13.9 Å². The molecule has 2 aromatic heterocycles. The normalized spacial score (nSPS) is 17.6. The highest BCUT2D eigenvalue weighted by atomic mass is 16.5. The standard InChI is InChI=1S/C21H22N6O4/c1-27-17-9-13(3-6-18(17)31-21(27)29)16-5-4-14(25-26-16)10-15(11-22)24-20(28)19-12-23-7-2-8-30-19/h3-6,9,15,19,23H,2,7-8,10,12H2,1H3,(H,24,28). The number of amides is 1. The van der Waals surface area contributed by atoms with Crippen LogP contribution in [0.4, 0.5) is 0 Å². The first-order valence-corrected chi connectivity index (χ1v) is 10.00. The van der Waals surface area contributed by atoms with Crippen molar-refractivity contribution in [3.05, 3.63) is 46.6 Å². The highest BCUT2D eigenvalue weighted by Crippen LogP contribution is 2.22. The molecular formula is C21H22N6O4. The summed E-state index contributed by atoms with van der Waals surface area (Å²) in [5, 5.41) is 23.7. The largest absolute Gasteiger partial charge is 0.419 e. The second-order valence-corrected chi connectivity index (χ2v) is 7.33. The molecule has 2 N–H and O–H groups in total. The molecule has 0 spiro atoms. The molecule has 31 heavy (non-hydrogen) atoms. The van der Waals surface area contributed by atoms with Gasteiger partial charge in [-0.05, 0) is 43.3 Å². The molecule has 0 saturated carbocycles. The second-order valence-electron chi connectivity index (χ2n) is 7.33. The first kappa shape index (κ1) is 20.7. The number of oxazole rings is 1. The maximum absolute atomic E-state index is 12.4. The minimum absolute atomic E-state index is 0.227. The monoisotopic (exact) mass is 422 g/mol. The third-order valence-corrected chi connectivity index (χ3v) is 5.13. The number of rotatable bonds is 5. The molecule has 160 valence electrons. The van der Waals surface area contributed by atoms with Crippen LogP contribution >= 0.6 is 0 Å². The van der Waals surface area contributed by atoms with Crippen molar-refractivity contribution in [3.63, 3.8) is 0 Å². The molecule has 10 nitrogen and oxygen atoms in total. The second kappa shape index (κ2) is 9.07. The number of benzene rings is 1. The molecule has 0 aliphatic carbocycles. The summed E-state index contributed by atoms with van der Waals surface area (Å²) in [6.45, 7) is 1.73. The Morgan fingerprint density at radius 3 is 3.03 bits per heavy atom. The van der Waals surface area contributed by atoms with Gasteiger partial charge in [0.05, 0.1) is 23.0 Å². The van der Waals surface area contributed by atoms with Crippen LogP contribution in [-0.2, 0) is 23.0 Å². The molecule has 2 atom stereocenters. The summed E-state index contributed by atoms with van der Waals surface area (Å²) in [5.41, 5.74) is 3.14. The number of fused-ring (bicyclic) bond motifs is 1. The topological polar surface area (TPSA) is 135 Å². The Hall–Kier alpha value is -3.55. The molecule has 1 aromatic carbocycles. The van der Waals surface area contributed by atoms with Crippen LogP contribution < -0.4 is 16.4 Å². The summed E-state index contributed by atoms with van der Waals surface area (Å²) >= 11 is 0. The number of hydrogen-bond acceptors (Lipinski definition) is 8. The number of aromatic nitrogens is 3. The van der Waals surface area contributed by atoms with Crippen LogP contribution in [0.3, 0.4) is 0 Å². The molecule has 0 radical (unpaired) electrons. The lowest BCUT2D eigenvalue weighted by molar-refractivity contribution is -0.132. The van der Waals surface area contributed by atoms with Crippen LogP contribution in [0.5, 0.6) is 0 Å². The SMILES string of the molecule is Cn1c(=O)oc2ccc(-c3ccc(CC(C#N)NC(=O)C4CNCCCO4)nn3)cc21. The molecule has 4 rings (SSSR count). The van der Waals surface area contributed by atoms with Gasteiger partial charge in [0.25, 0.3) is 5.91 Å². The van der Waals surface area contributed by atoms with Crippen molar-refractivity contribution in [1.82, 2.24) is 25.4 Å². The zero-order valence-corrected chi connectivity index (χ0v) is 17.0. The van der Waals surface area contributed by atoms with Gasteiger partial charge >= 0.3 is 5.76 Å². The first-order chi connectivity index (χ1) is 15.0. The number of carbonyl (C=O) groups is 1. The summed E-state index contributed by atoms with van der Waals surface area (Å²) in [7, 11) is 1.64. The summed E-state index contributed by atoms with van der Waals surface area (Å²) in [6.07, 6.45) is 0.461. The van der Waals surface area contributed by atoms with Crippen molar-refractivity contribution in [2.24, 2.45) is 7.05 Å². The van der Waals surface area contributed by atoms with Gasteiger partial charge in [-0.25, -0.2) is 4.79 Å². The number of ether oxygens (including phenoxy) is 1. The predicted octanol–water partition coefficient (Wildman–Crippen LogP) is 0.518. The maximum Gasteiger partial charge on any atom is 0.419 e. The van der Waals surface area contributed by atoms with Gasteiger partial charge in [0.15, 0.2) is 5.58 Å². The number of hydrogen-bond donors (Lipinski definition) is 2. The van der Waals surface area contributed by atoms with Gasteiger partial charge in [0.1, 0.15) is 12.1 Å². The average Bonchev–Trinajstić information content (AvgIpc) is 2.96. The lowest BCUT2D eigenvalue weighted by atomic mass is 10.1. The first-order valence-electron chi connectivity index (χ1n) is 10.00. The lowest BCUT2D eigenvalue weighted by Crippen LogP contribution is -2.46. The van der Waals surface area contributed by atoms with E-state index in [9.17, 15) is 14.9 Å². The summed E-state index contributed by atoms with van der Waals surface area (Å²) in [6, 6.07) is 10.2. The molecule has 1 aliphatic heterocycles. The Bertz CT molecular complexity index is 1170. The van der Waals surface area contributed by atoms with Gasteiger partial charge in [-0.2, -0.15) is 15.5 Å². The number of nitrogens with zero attached hydrogens (tertiary/aromatic N) is 4. The van der Waals surface area contributed by atoms with Crippen molar-refractivity contribution >= 4 is 17.0 Å². The van der Waals surface area contributed by atoms with E-state index in [0.29, 0.717) is 35.6 Å². The van der Waals surface area contributed by atoms with Gasteiger partial charge < -0.3 is 19.8 Å². The van der Waals surface area contributed by atoms with Gasteiger partial charge in [0.2, 0.25) is 0 Å². The zero-order valence-electron chi connectivity index (χ0n) is 17.0. The van der Waals surface area contributed by atoms with E-state index in [2.05, 4.69) is 26.9 Å². The zero-order chi connectivity index (χ0) is 21.8. The molecule has 2 unspecified atom stereocenters. The third-order valence-electron chi connectivity index (χ3n) is 5.13. The van der Waals surface area contributed by atoms with Crippen LogP contribution in [0, 0.1) is 11.3 Å². The molecule has 1 fully saturated rings. The van der Waals surface area contributed by atoms with Gasteiger partial charge in [-0.15, -0.1) is 0 Å². The summed E-state index contributed by atoms with van der Waals surface area (Å²) < 4.78 is 12.1. The van der Waals surface area contributed by atoms with Gasteiger partial charge in [0, 0.05) is 32.2 Å². The quantitative estimate of drug-likeness (QED) is 0.607. The Balaban J connectivity index is 1.43. The minimum atomic E-state index is -0.740. The maximum atomic E-state index is 12.4. The van der Waals surface area contributed by atoms with E-state index in [-0.39, 0.29) is 12.3 Å². The van der Waals surface area contributed by atoms with Crippen molar-refractivity contribution in [3.8, 4) is 17.3 Å². The Kier molecular flexibility index (Phi) is 6.06. The number of nitriles is 1. The van der Waals surface area contributed by atoms with Crippen LogP contribution in [0.25, 0.3) is 22.4 Å². The van der Waals surface area contributed by atoms with E-state index >= 15 is 0 Å². The van der Waals surface area contributed by atoms with Crippen LogP contribution in [-0.4, -0.2) is 52.5 Å². The predicted molar refractivity (Wildman–Crippen MR) is 111 cm³/mol. The Morgan fingerprint density at radius 2 is 2.26 bits per heavy atom. The number of aryl methyl sites for hydroxylation is 1. The molecule has 1 saturated heterocycles.